The van der Waals surface area contributed by atoms with Crippen LogP contribution in [0, 0.1) is 0 Å². The summed E-state index contributed by atoms with van der Waals surface area (Å²) in [6.45, 7) is 10.3. The molecule has 0 atom stereocenters. The van der Waals surface area contributed by atoms with E-state index in [2.05, 4.69) is 6.92 Å². The molecule has 0 radical (unpaired) electrons. The molecule has 378 valence electrons. The standard InChI is InChI=1S/C23H34O.C21H34O.C21H32O/c1-3-4-5-6-7-8-9-10-11-12-13-14-15-16-17-18-19-20-21-22-23(2)24;2*1-3-4-5-6-7-8-9-10-11-12-13-14-15-16-17-18-19-20-21(2)22/h4-5,7-8,10-11,13-14,16-17,19-20H,3,6,9,12,15,18,21-22H2,1-2H3;7-8,10-11,13-14,16-17H,3-6,9,12,15,18-20H2,1-2H3;4-5,7-8,10-11,13-14,16-17H,3,6,9,12,15,18-20H2,1-2H3/b5-4-,8-7-,11-10-,14-13-,17-16-,20-19-;8-7-,11-10-,14-13-,17-16-;5-4-,8-7-,11-10-,14-13-,17-16-/i6D2,9D2,12D2,15D2,18D2;9D2,12D2,15D2;6D2,9D2,12D2,15D2. The van der Waals surface area contributed by atoms with Crippen molar-refractivity contribution in [2.45, 2.75) is 208 Å². The first-order valence-electron chi connectivity index (χ1n) is 35.7. The number of carbonyl (C=O) groups excluding carboxylic acids is 3. The lowest BCUT2D eigenvalue weighted by Crippen LogP contribution is -1.87. The molecule has 0 aromatic carbocycles. The number of ketones is 3. The molecule has 0 aromatic rings. The van der Waals surface area contributed by atoms with E-state index in [-0.39, 0.29) is 17.3 Å². The molecule has 68 heavy (non-hydrogen) atoms. The van der Waals surface area contributed by atoms with Gasteiger partial charge in [0.25, 0.3) is 0 Å². The minimum absolute atomic E-state index is 0.0142. The van der Waals surface area contributed by atoms with E-state index < -0.39 is 76.5 Å². The van der Waals surface area contributed by atoms with Crippen LogP contribution in [0.15, 0.2) is 182 Å². The van der Waals surface area contributed by atoms with Crippen LogP contribution in [0.3, 0.4) is 0 Å². The number of rotatable bonds is 41. The molecule has 0 spiro atoms. The van der Waals surface area contributed by atoms with Gasteiger partial charge in [-0.2, -0.15) is 0 Å². The molecule has 0 aromatic heterocycles. The maximum atomic E-state index is 10.9. The second kappa shape index (κ2) is 64.2. The average Bonchev–Trinajstić information content (AvgIpc) is 1.13. The molecule has 0 unspecified atom stereocenters. The Bertz CT molecular complexity index is 2650. The second-order valence-electron chi connectivity index (χ2n) is 14.2. The zero-order chi connectivity index (χ0) is 71.8. The number of hydrogen-bond donors (Lipinski definition) is 0. The van der Waals surface area contributed by atoms with Crippen LogP contribution in [0.4, 0.5) is 0 Å². The van der Waals surface area contributed by atoms with Gasteiger partial charge in [-0.05, 0) is 155 Å². The van der Waals surface area contributed by atoms with Crippen molar-refractivity contribution in [1.82, 2.24) is 0 Å². The quantitative estimate of drug-likeness (QED) is 0.0453. The molecular formula is C65H100O3. The lowest BCUT2D eigenvalue weighted by molar-refractivity contribution is -0.117. The third-order valence-electron chi connectivity index (χ3n) is 7.67. The first-order chi connectivity index (χ1) is 41.8. The van der Waals surface area contributed by atoms with Crippen molar-refractivity contribution in [3.8, 4) is 0 Å². The zero-order valence-electron chi connectivity index (χ0n) is 65.9. The normalized spacial score (nSPS) is 20.6. The van der Waals surface area contributed by atoms with Gasteiger partial charge in [-0.15, -0.1) is 0 Å². The van der Waals surface area contributed by atoms with Crippen molar-refractivity contribution in [2.24, 2.45) is 0 Å². The lowest BCUT2D eigenvalue weighted by atomic mass is 10.2. The third-order valence-corrected chi connectivity index (χ3v) is 7.67. The van der Waals surface area contributed by atoms with Crippen LogP contribution in [0.25, 0.3) is 0 Å². The number of unbranched alkanes of at least 4 members (excludes halogenated alkanes) is 5. The maximum Gasteiger partial charge on any atom is 0.130 e. The summed E-state index contributed by atoms with van der Waals surface area (Å²) in [5.74, 6) is 0.168. The smallest absolute Gasteiger partial charge is 0.130 e. The Balaban J connectivity index is -0.00000130. The van der Waals surface area contributed by atoms with E-state index in [1.165, 1.54) is 69.4 Å². The summed E-state index contributed by atoms with van der Waals surface area (Å²) in [5.41, 5.74) is 0. The van der Waals surface area contributed by atoms with Gasteiger partial charge in [0.2, 0.25) is 0 Å². The van der Waals surface area contributed by atoms with Crippen molar-refractivity contribution in [2.75, 3.05) is 0 Å². The van der Waals surface area contributed by atoms with E-state index >= 15 is 0 Å². The maximum absolute atomic E-state index is 10.9. The van der Waals surface area contributed by atoms with Crippen LogP contribution in [-0.4, -0.2) is 17.3 Å². The van der Waals surface area contributed by atoms with E-state index in [0.717, 1.165) is 129 Å². The zero-order valence-corrected chi connectivity index (χ0v) is 41.9. The Morgan fingerprint density at radius 3 is 0.691 bits per heavy atom. The number of carbonyl (C=O) groups is 3. The van der Waals surface area contributed by atoms with Gasteiger partial charge in [0.1, 0.15) is 17.3 Å². The minimum Gasteiger partial charge on any atom is -0.300 e. The average molecular weight is 954 g/mol. The molecule has 0 N–H and O–H groups in total. The highest BCUT2D eigenvalue weighted by Gasteiger charge is 1.91. The summed E-state index contributed by atoms with van der Waals surface area (Å²) >= 11 is 0. The molecule has 0 fully saturated rings. The summed E-state index contributed by atoms with van der Waals surface area (Å²) in [4.78, 5) is 32.6. The monoisotopic (exact) mass is 953 g/mol. The van der Waals surface area contributed by atoms with E-state index in [9.17, 15) is 14.4 Å². The summed E-state index contributed by atoms with van der Waals surface area (Å²) < 4.78 is 189. The summed E-state index contributed by atoms with van der Waals surface area (Å²) in [6.07, 6.45) is 21.9. The van der Waals surface area contributed by atoms with Crippen molar-refractivity contribution in [3.05, 3.63) is 182 Å². The molecule has 0 aliphatic rings. The predicted molar refractivity (Wildman–Crippen MR) is 306 cm³/mol. The van der Waals surface area contributed by atoms with Gasteiger partial charge >= 0.3 is 0 Å². The number of Topliss-reactive ketones (excluding diaryl/α,β-unsaturated/α-hetero) is 3. The van der Waals surface area contributed by atoms with Gasteiger partial charge in [-0.25, -0.2) is 0 Å². The van der Waals surface area contributed by atoms with Gasteiger partial charge in [-0.1, -0.05) is 216 Å². The highest BCUT2D eigenvalue weighted by molar-refractivity contribution is 5.76. The molecule has 0 saturated carbocycles. The fourth-order valence-electron chi connectivity index (χ4n) is 4.25. The Hall–Kier alpha value is -4.89. The Labute approximate surface area is 454 Å². The van der Waals surface area contributed by atoms with Crippen molar-refractivity contribution < 1.29 is 47.3 Å². The number of hydrogen-bond acceptors (Lipinski definition) is 3. The summed E-state index contributed by atoms with van der Waals surface area (Å²) in [6, 6.07) is 0. The van der Waals surface area contributed by atoms with Crippen LogP contribution in [0.1, 0.15) is 241 Å². The fraction of sp³-hybridized carbons (Fsp3) is 0.492. The molecule has 0 heterocycles. The molecular weight excluding hydrogens is 829 g/mol. The van der Waals surface area contributed by atoms with E-state index in [4.69, 9.17) is 32.9 Å². The van der Waals surface area contributed by atoms with Gasteiger partial charge in [0.15, 0.2) is 0 Å². The summed E-state index contributed by atoms with van der Waals surface area (Å²) in [5, 5.41) is 0. The molecule has 0 rings (SSSR count). The molecule has 0 saturated heterocycles. The van der Waals surface area contributed by atoms with Crippen LogP contribution in [-0.2, 0) is 14.4 Å². The van der Waals surface area contributed by atoms with Crippen LogP contribution < -0.4 is 0 Å². The molecule has 0 amide bonds. The first kappa shape index (κ1) is 34.4. The SMILES string of the molecule is [2H]C([2H])(/C=C\CC)/C=C\C([2H])([2H])/C=C\C([2H])([2H])/C=C\C([2H])([2H])/C=C\C([2H])([2H])/C=C\CCC(C)=O.[2H]C([2H])(/C=C\CC)/C=C\C([2H])([2H])/C=C\C([2H])([2H])/C=C\C([2H])([2H])/C=C\CCCC(C)=O.[2H]C([2H])(/C=C\CCCCC)/C=C\C([2H])([2H])/C=C\C([2H])([2H])/C=C\CCCC(C)=O. The Morgan fingerprint density at radius 2 is 0.471 bits per heavy atom. The van der Waals surface area contributed by atoms with Crippen molar-refractivity contribution >= 4 is 17.3 Å². The van der Waals surface area contributed by atoms with Crippen molar-refractivity contribution in [3.63, 3.8) is 0 Å². The molecule has 0 bridgehead atoms. The highest BCUT2D eigenvalue weighted by Crippen LogP contribution is 2.04. The van der Waals surface area contributed by atoms with E-state index in [0.29, 0.717) is 64.2 Å². The predicted octanol–water partition coefficient (Wildman–Crippen LogP) is 20.3. The topological polar surface area (TPSA) is 51.2 Å². The van der Waals surface area contributed by atoms with Gasteiger partial charge in [0, 0.05) is 52.2 Å². The largest absolute Gasteiger partial charge is 0.300 e. The fourth-order valence-corrected chi connectivity index (χ4v) is 4.25. The number of allylic oxidation sites excluding steroid dienone is 30. The molecule has 0 aliphatic carbocycles. The van der Waals surface area contributed by atoms with Crippen LogP contribution >= 0.6 is 0 Å². The third kappa shape index (κ3) is 75.4. The molecule has 3 heteroatoms. The van der Waals surface area contributed by atoms with Gasteiger partial charge < -0.3 is 14.4 Å². The van der Waals surface area contributed by atoms with Gasteiger partial charge in [0.05, 0.1) is 0 Å². The van der Waals surface area contributed by atoms with Crippen LogP contribution in [0.5, 0.6) is 0 Å². The Morgan fingerprint density at radius 1 is 0.265 bits per heavy atom. The second-order valence-corrected chi connectivity index (χ2v) is 14.2. The minimum atomic E-state index is -2.20. The Kier molecular flexibility index (Phi) is 32.5. The van der Waals surface area contributed by atoms with E-state index in [1.54, 1.807) is 30.4 Å². The summed E-state index contributed by atoms with van der Waals surface area (Å²) in [7, 11) is 0. The first-order valence-corrected chi connectivity index (χ1v) is 23.7. The molecule has 3 nitrogen and oxygen atoms in total. The van der Waals surface area contributed by atoms with Gasteiger partial charge in [-0.3, -0.25) is 0 Å². The lowest BCUT2D eigenvalue weighted by Gasteiger charge is -1.91. The molecule has 0 aliphatic heterocycles. The van der Waals surface area contributed by atoms with E-state index in [1.807, 2.05) is 13.8 Å². The van der Waals surface area contributed by atoms with Crippen molar-refractivity contribution in [1.29, 1.82) is 0 Å². The highest BCUT2D eigenvalue weighted by atomic mass is 16.1. The van der Waals surface area contributed by atoms with Crippen LogP contribution in [0.2, 0.25) is 0 Å².